The second kappa shape index (κ2) is 5.48. The van der Waals surface area contributed by atoms with Gasteiger partial charge in [0.1, 0.15) is 17.7 Å². The van der Waals surface area contributed by atoms with Crippen molar-refractivity contribution in [3.05, 3.63) is 11.6 Å². The van der Waals surface area contributed by atoms with Gasteiger partial charge in [0.25, 0.3) is 0 Å². The first-order valence-electron chi connectivity index (χ1n) is 6.30. The van der Waals surface area contributed by atoms with Crippen LogP contribution < -0.4 is 0 Å². The van der Waals surface area contributed by atoms with E-state index in [2.05, 4.69) is 15.1 Å². The number of esters is 1. The number of hydrogen-bond acceptors (Lipinski definition) is 5. The first kappa shape index (κ1) is 13.0. The number of likely N-dealkylation sites (tertiary alicyclic amines) is 1. The average Bonchev–Trinajstić information content (AvgIpc) is 2.70. The van der Waals surface area contributed by atoms with Crippen LogP contribution >= 0.6 is 0 Å². The van der Waals surface area contributed by atoms with Crippen molar-refractivity contribution in [1.29, 1.82) is 0 Å². The van der Waals surface area contributed by atoms with Gasteiger partial charge in [-0.25, -0.2) is 0 Å². The first-order valence-corrected chi connectivity index (χ1v) is 6.30. The lowest BCUT2D eigenvalue weighted by Crippen LogP contribution is -2.45. The number of piperidine rings is 1. The molecule has 1 aromatic heterocycles. The van der Waals surface area contributed by atoms with Gasteiger partial charge in [0.05, 0.1) is 13.7 Å². The van der Waals surface area contributed by atoms with E-state index in [4.69, 9.17) is 4.74 Å². The second-order valence-electron chi connectivity index (χ2n) is 4.73. The van der Waals surface area contributed by atoms with Gasteiger partial charge in [0, 0.05) is 7.05 Å². The van der Waals surface area contributed by atoms with Gasteiger partial charge in [-0.15, -0.1) is 10.2 Å². The first-order chi connectivity index (χ1) is 8.63. The van der Waals surface area contributed by atoms with Gasteiger partial charge >= 0.3 is 5.97 Å². The summed E-state index contributed by atoms with van der Waals surface area (Å²) in [5.41, 5.74) is 0. The van der Waals surface area contributed by atoms with E-state index in [9.17, 15) is 4.79 Å². The molecule has 0 spiro atoms. The summed E-state index contributed by atoms with van der Waals surface area (Å²) in [5.74, 6) is 1.63. The molecule has 0 bridgehead atoms. The van der Waals surface area contributed by atoms with Crippen molar-refractivity contribution < 1.29 is 9.53 Å². The molecule has 1 saturated heterocycles. The number of rotatable bonds is 3. The van der Waals surface area contributed by atoms with E-state index >= 15 is 0 Å². The Balaban J connectivity index is 2.10. The van der Waals surface area contributed by atoms with Gasteiger partial charge in [0.15, 0.2) is 0 Å². The third kappa shape index (κ3) is 2.53. The summed E-state index contributed by atoms with van der Waals surface area (Å²) in [4.78, 5) is 13.9. The summed E-state index contributed by atoms with van der Waals surface area (Å²) in [6.45, 7) is 3.48. The summed E-state index contributed by atoms with van der Waals surface area (Å²) >= 11 is 0. The summed E-state index contributed by atoms with van der Waals surface area (Å²) in [6.07, 6.45) is 3.06. The van der Waals surface area contributed by atoms with Crippen LogP contribution in [-0.4, -0.2) is 45.3 Å². The van der Waals surface area contributed by atoms with Crippen LogP contribution in [0.2, 0.25) is 0 Å². The van der Waals surface area contributed by atoms with Crippen molar-refractivity contribution in [3.8, 4) is 0 Å². The van der Waals surface area contributed by atoms with Crippen molar-refractivity contribution in [2.45, 2.75) is 38.8 Å². The molecule has 2 rings (SSSR count). The van der Waals surface area contributed by atoms with Crippen molar-refractivity contribution in [2.75, 3.05) is 13.7 Å². The lowest BCUT2D eigenvalue weighted by molar-refractivity contribution is -0.148. The van der Waals surface area contributed by atoms with Gasteiger partial charge in [0.2, 0.25) is 0 Å². The molecule has 0 radical (unpaired) electrons. The minimum atomic E-state index is -0.145. The number of carbonyl (C=O) groups is 1. The molecule has 0 saturated carbocycles. The normalized spacial score (nSPS) is 20.9. The minimum absolute atomic E-state index is 0.138. The van der Waals surface area contributed by atoms with E-state index in [0.717, 1.165) is 37.5 Å². The maximum absolute atomic E-state index is 11.8. The topological polar surface area (TPSA) is 60.2 Å². The van der Waals surface area contributed by atoms with Crippen molar-refractivity contribution >= 4 is 5.97 Å². The Bertz CT molecular complexity index is 430. The molecule has 100 valence electrons. The molecule has 2 heterocycles. The highest BCUT2D eigenvalue weighted by Gasteiger charge is 2.30. The zero-order valence-electron chi connectivity index (χ0n) is 11.2. The number of aromatic nitrogens is 3. The molecule has 6 nitrogen and oxygen atoms in total. The molecule has 0 amide bonds. The molecule has 1 aromatic rings. The average molecular weight is 252 g/mol. The Hall–Kier alpha value is -1.43. The molecule has 1 atom stereocenters. The number of carbonyl (C=O) groups excluding carboxylic acids is 1. The molecule has 6 heteroatoms. The number of methoxy groups -OCH3 is 1. The number of ether oxygens (including phenoxy) is 1. The molecule has 18 heavy (non-hydrogen) atoms. The maximum Gasteiger partial charge on any atom is 0.323 e. The molecule has 0 N–H and O–H groups in total. The molecule has 0 aromatic carbocycles. The second-order valence-corrected chi connectivity index (χ2v) is 4.73. The summed E-state index contributed by atoms with van der Waals surface area (Å²) in [5, 5.41) is 8.19. The summed E-state index contributed by atoms with van der Waals surface area (Å²) in [6, 6.07) is -0.138. The van der Waals surface area contributed by atoms with Crippen LogP contribution in [0.3, 0.4) is 0 Å². The minimum Gasteiger partial charge on any atom is -0.468 e. The van der Waals surface area contributed by atoms with Gasteiger partial charge < -0.3 is 9.30 Å². The van der Waals surface area contributed by atoms with Crippen LogP contribution in [0.5, 0.6) is 0 Å². The largest absolute Gasteiger partial charge is 0.468 e. The van der Waals surface area contributed by atoms with Gasteiger partial charge in [-0.1, -0.05) is 6.42 Å². The Morgan fingerprint density at radius 3 is 2.83 bits per heavy atom. The highest BCUT2D eigenvalue weighted by molar-refractivity contribution is 5.75. The standard InChI is InChI=1S/C12H20N4O2/c1-9-13-14-11(15(9)2)8-16-7-5-4-6-10(16)12(17)18-3/h10H,4-8H2,1-3H3. The van der Waals surface area contributed by atoms with Crippen LogP contribution in [0, 0.1) is 6.92 Å². The highest BCUT2D eigenvalue weighted by Crippen LogP contribution is 2.20. The summed E-state index contributed by atoms with van der Waals surface area (Å²) < 4.78 is 6.83. The molecular weight excluding hydrogens is 232 g/mol. The van der Waals surface area contributed by atoms with E-state index < -0.39 is 0 Å². The summed E-state index contributed by atoms with van der Waals surface area (Å²) in [7, 11) is 3.39. The van der Waals surface area contributed by atoms with E-state index in [1.54, 1.807) is 0 Å². The Labute approximate surface area is 107 Å². The van der Waals surface area contributed by atoms with Gasteiger partial charge in [-0.3, -0.25) is 9.69 Å². The lowest BCUT2D eigenvalue weighted by atomic mass is 10.0. The van der Waals surface area contributed by atoms with Crippen LogP contribution in [0.25, 0.3) is 0 Å². The Morgan fingerprint density at radius 1 is 1.44 bits per heavy atom. The van der Waals surface area contributed by atoms with Gasteiger partial charge in [-0.2, -0.15) is 0 Å². The molecule has 1 unspecified atom stereocenters. The molecule has 1 aliphatic heterocycles. The van der Waals surface area contributed by atoms with Crippen LogP contribution in [0.4, 0.5) is 0 Å². The SMILES string of the molecule is COC(=O)C1CCCCN1Cc1nnc(C)n1C. The third-order valence-corrected chi connectivity index (χ3v) is 3.61. The zero-order valence-corrected chi connectivity index (χ0v) is 11.2. The van der Waals surface area contributed by atoms with Crippen molar-refractivity contribution in [3.63, 3.8) is 0 Å². The fraction of sp³-hybridized carbons (Fsp3) is 0.750. The number of hydrogen-bond donors (Lipinski definition) is 0. The molecule has 1 fully saturated rings. The van der Waals surface area contributed by atoms with E-state index in [1.165, 1.54) is 7.11 Å². The van der Waals surface area contributed by atoms with Crippen LogP contribution in [0.15, 0.2) is 0 Å². The van der Waals surface area contributed by atoms with E-state index in [1.807, 2.05) is 18.5 Å². The third-order valence-electron chi connectivity index (χ3n) is 3.61. The van der Waals surface area contributed by atoms with E-state index in [0.29, 0.717) is 6.54 Å². The van der Waals surface area contributed by atoms with Crippen LogP contribution in [0.1, 0.15) is 30.9 Å². The van der Waals surface area contributed by atoms with E-state index in [-0.39, 0.29) is 12.0 Å². The maximum atomic E-state index is 11.8. The number of aryl methyl sites for hydroxylation is 1. The zero-order chi connectivity index (χ0) is 13.1. The fourth-order valence-electron chi connectivity index (χ4n) is 2.35. The fourth-order valence-corrected chi connectivity index (χ4v) is 2.35. The quantitative estimate of drug-likeness (QED) is 0.739. The monoisotopic (exact) mass is 252 g/mol. The highest BCUT2D eigenvalue weighted by atomic mass is 16.5. The molecule has 1 aliphatic rings. The Morgan fingerprint density at radius 2 is 2.22 bits per heavy atom. The Kier molecular flexibility index (Phi) is 3.96. The van der Waals surface area contributed by atoms with Crippen molar-refractivity contribution in [1.82, 2.24) is 19.7 Å². The molecule has 0 aliphatic carbocycles. The van der Waals surface area contributed by atoms with Crippen LogP contribution in [-0.2, 0) is 23.1 Å². The number of nitrogens with zero attached hydrogens (tertiary/aromatic N) is 4. The predicted molar refractivity (Wildman–Crippen MR) is 65.8 cm³/mol. The predicted octanol–water partition coefficient (Wildman–Crippen LogP) is 0.651. The lowest BCUT2D eigenvalue weighted by Gasteiger charge is -2.33. The smallest absolute Gasteiger partial charge is 0.323 e. The van der Waals surface area contributed by atoms with Crippen molar-refractivity contribution in [2.24, 2.45) is 7.05 Å². The van der Waals surface area contributed by atoms with Gasteiger partial charge in [-0.05, 0) is 26.3 Å². The molecular formula is C12H20N4O2.